The fourth-order valence-electron chi connectivity index (χ4n) is 2.15. The Morgan fingerprint density at radius 3 is 2.19 bits per heavy atom. The number of nitro benzene ring substituents is 1. The molecule has 2 aromatic carbocycles. The number of aromatic hydroxyl groups is 1. The topological polar surface area (TPSA) is 133 Å². The number of anilines is 2. The molecule has 3 N–H and O–H groups in total. The number of carbonyl (C=O) groups is 2. The van der Waals surface area contributed by atoms with Gasteiger partial charge in [-0.05, 0) is 36.4 Å². The van der Waals surface area contributed by atoms with Gasteiger partial charge in [-0.1, -0.05) is 22.6 Å². The Morgan fingerprint density at radius 1 is 1.15 bits per heavy atom. The van der Waals surface area contributed by atoms with Crippen LogP contribution in [0, 0.1) is 10.1 Å². The summed E-state index contributed by atoms with van der Waals surface area (Å²) in [5, 5.41) is 32.0. The van der Waals surface area contributed by atoms with E-state index in [1.54, 1.807) is 0 Å². The van der Waals surface area contributed by atoms with E-state index in [1.165, 1.54) is 48.5 Å². The molecule has 0 spiro atoms. The number of benzene rings is 2. The van der Waals surface area contributed by atoms with Gasteiger partial charge in [-0.25, -0.2) is 9.59 Å². The predicted molar refractivity (Wildman–Crippen MR) is 103 cm³/mol. The molecule has 0 saturated carbocycles. The first kappa shape index (κ1) is 19.4. The van der Waals surface area contributed by atoms with Gasteiger partial charge < -0.3 is 15.5 Å². The maximum atomic E-state index is 12.7. The molecule has 0 saturated heterocycles. The summed E-state index contributed by atoms with van der Waals surface area (Å²) < 4.78 is 0.127. The van der Waals surface area contributed by atoms with Crippen LogP contribution in [0.3, 0.4) is 0 Å². The summed E-state index contributed by atoms with van der Waals surface area (Å²) >= 11 is 1.86. The van der Waals surface area contributed by atoms with Gasteiger partial charge in [0, 0.05) is 27.9 Å². The van der Waals surface area contributed by atoms with Gasteiger partial charge in [0.1, 0.15) is 11.8 Å². The summed E-state index contributed by atoms with van der Waals surface area (Å²) in [5.74, 6) is -1.21. The molecule has 2 aromatic rings. The van der Waals surface area contributed by atoms with Crippen LogP contribution in [0.5, 0.6) is 5.75 Å². The van der Waals surface area contributed by atoms with Crippen LogP contribution < -0.4 is 10.2 Å². The quantitative estimate of drug-likeness (QED) is 0.257. The van der Waals surface area contributed by atoms with Crippen molar-refractivity contribution in [2.24, 2.45) is 0 Å². The van der Waals surface area contributed by atoms with Crippen molar-refractivity contribution in [1.82, 2.24) is 0 Å². The summed E-state index contributed by atoms with van der Waals surface area (Å²) in [6.07, 6.45) is 0. The number of nitrogens with one attached hydrogen (secondary N) is 1. The summed E-state index contributed by atoms with van der Waals surface area (Å²) in [4.78, 5) is 35.4. The number of urea groups is 1. The Kier molecular flexibility index (Phi) is 6.33. The lowest BCUT2D eigenvalue weighted by Crippen LogP contribution is -2.48. The van der Waals surface area contributed by atoms with Crippen LogP contribution in [0.1, 0.15) is 0 Å². The number of hydrogen-bond acceptors (Lipinski definition) is 5. The van der Waals surface area contributed by atoms with Crippen molar-refractivity contribution in [2.75, 3.05) is 14.6 Å². The average Bonchev–Trinajstić information content (AvgIpc) is 2.60. The lowest BCUT2D eigenvalue weighted by atomic mass is 10.2. The SMILES string of the molecule is O=C(O)[C@H](CI)N(C(=O)Nc1ccc([N+](=O)[O-])cc1)c1ccc(O)cc1. The number of hydrogen-bond donors (Lipinski definition) is 3. The van der Waals surface area contributed by atoms with E-state index < -0.39 is 23.0 Å². The molecule has 136 valence electrons. The molecule has 0 radical (unpaired) electrons. The van der Waals surface area contributed by atoms with E-state index in [1.807, 2.05) is 22.6 Å². The van der Waals surface area contributed by atoms with E-state index in [0.717, 1.165) is 4.90 Å². The monoisotopic (exact) mass is 471 g/mol. The van der Waals surface area contributed by atoms with Gasteiger partial charge in [-0.2, -0.15) is 0 Å². The number of non-ortho nitro benzene ring substituents is 1. The van der Waals surface area contributed by atoms with Gasteiger partial charge in [-0.15, -0.1) is 0 Å². The molecule has 0 heterocycles. The third-order valence-electron chi connectivity index (χ3n) is 3.42. The van der Waals surface area contributed by atoms with Crippen molar-refractivity contribution in [2.45, 2.75) is 6.04 Å². The molecule has 2 rings (SSSR count). The summed E-state index contributed by atoms with van der Waals surface area (Å²) in [7, 11) is 0. The number of nitro groups is 1. The number of carbonyl (C=O) groups excluding carboxylic acids is 1. The summed E-state index contributed by atoms with van der Waals surface area (Å²) in [5.41, 5.74) is 0.433. The van der Waals surface area contributed by atoms with Crippen LogP contribution in [-0.2, 0) is 4.79 Å². The van der Waals surface area contributed by atoms with Crippen LogP contribution in [0.15, 0.2) is 48.5 Å². The van der Waals surface area contributed by atoms with Gasteiger partial charge in [0.05, 0.1) is 4.92 Å². The zero-order valence-corrected chi connectivity index (χ0v) is 15.4. The molecule has 0 aliphatic rings. The van der Waals surface area contributed by atoms with Crippen LogP contribution in [0.2, 0.25) is 0 Å². The first-order valence-electron chi connectivity index (χ1n) is 7.26. The molecule has 0 aromatic heterocycles. The molecule has 0 bridgehead atoms. The third-order valence-corrected chi connectivity index (χ3v) is 4.25. The van der Waals surface area contributed by atoms with Crippen LogP contribution in [0.4, 0.5) is 21.9 Å². The van der Waals surface area contributed by atoms with Gasteiger partial charge >= 0.3 is 12.0 Å². The number of carboxylic acid groups (broad SMARTS) is 1. The molecule has 2 amide bonds. The van der Waals surface area contributed by atoms with Crippen LogP contribution in [0.25, 0.3) is 0 Å². The highest BCUT2D eigenvalue weighted by Gasteiger charge is 2.30. The van der Waals surface area contributed by atoms with E-state index in [0.29, 0.717) is 0 Å². The minimum Gasteiger partial charge on any atom is -0.508 e. The molecule has 1 atom stereocenters. The Morgan fingerprint density at radius 2 is 1.73 bits per heavy atom. The number of phenolic OH excluding ortho intramolecular Hbond substituents is 1. The molecule has 0 unspecified atom stereocenters. The maximum Gasteiger partial charge on any atom is 0.327 e. The molecule has 0 fully saturated rings. The molecule has 0 aliphatic heterocycles. The van der Waals surface area contributed by atoms with Crippen LogP contribution in [-0.4, -0.2) is 37.6 Å². The van der Waals surface area contributed by atoms with E-state index in [2.05, 4.69) is 5.32 Å². The van der Waals surface area contributed by atoms with Crippen molar-refractivity contribution >= 4 is 51.7 Å². The highest BCUT2D eigenvalue weighted by atomic mass is 127. The smallest absolute Gasteiger partial charge is 0.327 e. The van der Waals surface area contributed by atoms with Gasteiger partial charge in [0.15, 0.2) is 0 Å². The zero-order valence-electron chi connectivity index (χ0n) is 13.2. The summed E-state index contributed by atoms with van der Waals surface area (Å²) in [6, 6.07) is 8.84. The molecule has 0 aliphatic carbocycles. The van der Waals surface area contributed by atoms with E-state index in [9.17, 15) is 29.9 Å². The van der Waals surface area contributed by atoms with Gasteiger partial charge in [0.2, 0.25) is 0 Å². The van der Waals surface area contributed by atoms with Crippen molar-refractivity contribution < 1.29 is 24.7 Å². The minimum absolute atomic E-state index is 0.0224. The number of carboxylic acids is 1. The number of phenols is 1. The van der Waals surface area contributed by atoms with Crippen molar-refractivity contribution in [3.05, 3.63) is 58.6 Å². The van der Waals surface area contributed by atoms with Crippen LogP contribution >= 0.6 is 22.6 Å². The summed E-state index contributed by atoms with van der Waals surface area (Å²) in [6.45, 7) is 0. The fraction of sp³-hybridized carbons (Fsp3) is 0.125. The van der Waals surface area contributed by atoms with Crippen molar-refractivity contribution in [3.8, 4) is 5.75 Å². The molecule has 26 heavy (non-hydrogen) atoms. The predicted octanol–water partition coefficient (Wildman–Crippen LogP) is 3.23. The Bertz CT molecular complexity index is 810. The number of aliphatic carboxylic acids is 1. The van der Waals surface area contributed by atoms with E-state index >= 15 is 0 Å². The number of rotatable bonds is 6. The van der Waals surface area contributed by atoms with E-state index in [4.69, 9.17) is 0 Å². The normalized spacial score (nSPS) is 11.4. The fourth-order valence-corrected chi connectivity index (χ4v) is 2.92. The molecule has 10 heteroatoms. The molecular formula is C16H14IN3O6. The first-order chi connectivity index (χ1) is 12.3. The first-order valence-corrected chi connectivity index (χ1v) is 8.78. The molecule has 9 nitrogen and oxygen atoms in total. The number of alkyl halides is 1. The highest BCUT2D eigenvalue weighted by molar-refractivity contribution is 14.1. The lowest BCUT2D eigenvalue weighted by Gasteiger charge is -2.28. The second-order valence-electron chi connectivity index (χ2n) is 5.13. The second kappa shape index (κ2) is 8.47. The van der Waals surface area contributed by atoms with Gasteiger partial charge in [-0.3, -0.25) is 15.0 Å². The number of amides is 2. The Hall–Kier alpha value is -2.89. The largest absolute Gasteiger partial charge is 0.508 e. The van der Waals surface area contributed by atoms with Crippen molar-refractivity contribution in [3.63, 3.8) is 0 Å². The average molecular weight is 471 g/mol. The second-order valence-corrected chi connectivity index (χ2v) is 6.01. The minimum atomic E-state index is -1.19. The maximum absolute atomic E-state index is 12.7. The number of halogens is 1. The standard InChI is InChI=1S/C16H14IN3O6/c17-9-14(15(22)23)19(11-5-7-13(21)8-6-11)16(24)18-10-1-3-12(4-2-10)20(25)26/h1-8,14,21H,9H2,(H,18,24)(H,22,23)/t14-/m0/s1. The zero-order chi connectivity index (χ0) is 19.3. The Balaban J connectivity index is 2.31. The molecular weight excluding hydrogens is 457 g/mol. The number of nitrogens with zero attached hydrogens (tertiary/aromatic N) is 2. The third kappa shape index (κ3) is 4.59. The highest BCUT2D eigenvalue weighted by Crippen LogP contribution is 2.24. The Labute approximate surface area is 161 Å². The van der Waals surface area contributed by atoms with E-state index in [-0.39, 0.29) is 27.2 Å². The van der Waals surface area contributed by atoms with Gasteiger partial charge in [0.25, 0.3) is 5.69 Å². The van der Waals surface area contributed by atoms with Crippen molar-refractivity contribution in [1.29, 1.82) is 0 Å². The lowest BCUT2D eigenvalue weighted by molar-refractivity contribution is -0.384.